The van der Waals surface area contributed by atoms with E-state index in [4.69, 9.17) is 0 Å². The van der Waals surface area contributed by atoms with Crippen LogP contribution in [0.25, 0.3) is 0 Å². The number of benzene rings is 1. The van der Waals surface area contributed by atoms with Gasteiger partial charge in [-0.05, 0) is 16.5 Å². The van der Waals surface area contributed by atoms with Gasteiger partial charge in [0.05, 0.1) is 6.10 Å². The first kappa shape index (κ1) is 11.7. The molecule has 0 unspecified atom stereocenters. The van der Waals surface area contributed by atoms with Crippen LogP contribution >= 0.6 is 15.9 Å². The van der Waals surface area contributed by atoms with Gasteiger partial charge in [-0.25, -0.2) is 0 Å². The fraction of sp³-hybridized carbons (Fsp3) is 0.500. The third kappa shape index (κ3) is 2.82. The van der Waals surface area contributed by atoms with Crippen LogP contribution < -0.4 is 0 Å². The SMILES string of the molecule is CC(C)(C)c1ccc([C@@H](O)CBr)cc1. The molecule has 0 heterocycles. The van der Waals surface area contributed by atoms with E-state index in [0.717, 1.165) is 5.56 Å². The molecule has 0 radical (unpaired) electrons. The molecule has 1 N–H and O–H groups in total. The molecule has 0 saturated heterocycles. The average molecular weight is 257 g/mol. The molecule has 78 valence electrons. The van der Waals surface area contributed by atoms with Crippen LogP contribution in [-0.2, 0) is 5.41 Å². The van der Waals surface area contributed by atoms with Gasteiger partial charge in [-0.2, -0.15) is 0 Å². The molecule has 0 bridgehead atoms. The maximum atomic E-state index is 9.58. The van der Waals surface area contributed by atoms with Crippen LogP contribution in [0.4, 0.5) is 0 Å². The summed E-state index contributed by atoms with van der Waals surface area (Å²) in [7, 11) is 0. The third-order valence-electron chi connectivity index (χ3n) is 2.31. The molecule has 1 aromatic rings. The Morgan fingerprint density at radius 3 is 2.07 bits per heavy atom. The van der Waals surface area contributed by atoms with E-state index in [1.165, 1.54) is 5.56 Å². The van der Waals surface area contributed by atoms with Crippen molar-refractivity contribution in [3.8, 4) is 0 Å². The Bertz CT molecular complexity index is 284. The molecule has 0 amide bonds. The minimum atomic E-state index is -0.399. The molecule has 14 heavy (non-hydrogen) atoms. The van der Waals surface area contributed by atoms with Gasteiger partial charge in [0.25, 0.3) is 0 Å². The lowest BCUT2D eigenvalue weighted by Crippen LogP contribution is -2.11. The van der Waals surface area contributed by atoms with Gasteiger partial charge in [0, 0.05) is 5.33 Å². The molecular formula is C12H17BrO. The average Bonchev–Trinajstić information content (AvgIpc) is 2.15. The topological polar surface area (TPSA) is 20.2 Å². The zero-order chi connectivity index (χ0) is 10.8. The standard InChI is InChI=1S/C12H17BrO/c1-12(2,3)10-6-4-9(5-7-10)11(14)8-13/h4-7,11,14H,8H2,1-3H3/t11-/m0/s1. The van der Waals surface area contributed by atoms with Crippen molar-refractivity contribution in [1.82, 2.24) is 0 Å². The first-order valence-corrected chi connectivity index (χ1v) is 5.92. The summed E-state index contributed by atoms with van der Waals surface area (Å²) in [5.74, 6) is 0. The fourth-order valence-electron chi connectivity index (χ4n) is 1.29. The third-order valence-corrected chi connectivity index (χ3v) is 2.92. The summed E-state index contributed by atoms with van der Waals surface area (Å²) in [6, 6.07) is 8.15. The first-order chi connectivity index (χ1) is 6.45. The van der Waals surface area contributed by atoms with Crippen LogP contribution in [0.15, 0.2) is 24.3 Å². The Morgan fingerprint density at radius 2 is 1.71 bits per heavy atom. The summed E-state index contributed by atoms with van der Waals surface area (Å²) in [5.41, 5.74) is 2.44. The maximum Gasteiger partial charge on any atom is 0.0886 e. The zero-order valence-corrected chi connectivity index (χ0v) is 10.5. The molecule has 0 aliphatic heterocycles. The zero-order valence-electron chi connectivity index (χ0n) is 8.92. The van der Waals surface area contributed by atoms with Crippen LogP contribution in [-0.4, -0.2) is 10.4 Å². The molecule has 1 aromatic carbocycles. The van der Waals surface area contributed by atoms with Crippen molar-refractivity contribution in [2.75, 3.05) is 5.33 Å². The van der Waals surface area contributed by atoms with Crippen molar-refractivity contribution in [2.24, 2.45) is 0 Å². The Hall–Kier alpha value is -0.340. The van der Waals surface area contributed by atoms with Gasteiger partial charge >= 0.3 is 0 Å². The van der Waals surface area contributed by atoms with E-state index in [0.29, 0.717) is 5.33 Å². The highest BCUT2D eigenvalue weighted by Crippen LogP contribution is 2.24. The van der Waals surface area contributed by atoms with E-state index in [-0.39, 0.29) is 5.41 Å². The van der Waals surface area contributed by atoms with Gasteiger partial charge in [0.1, 0.15) is 0 Å². The van der Waals surface area contributed by atoms with Crippen molar-refractivity contribution in [1.29, 1.82) is 0 Å². The summed E-state index contributed by atoms with van der Waals surface area (Å²) in [4.78, 5) is 0. The van der Waals surface area contributed by atoms with E-state index in [1.807, 2.05) is 12.1 Å². The summed E-state index contributed by atoms with van der Waals surface area (Å²) in [6.45, 7) is 6.55. The Labute approximate surface area is 94.3 Å². The fourth-order valence-corrected chi connectivity index (χ4v) is 1.67. The minimum absolute atomic E-state index is 0.178. The van der Waals surface area contributed by atoms with Gasteiger partial charge < -0.3 is 5.11 Å². The van der Waals surface area contributed by atoms with Crippen molar-refractivity contribution < 1.29 is 5.11 Å². The summed E-state index contributed by atoms with van der Waals surface area (Å²) in [5, 5.41) is 10.2. The predicted molar refractivity (Wildman–Crippen MR) is 63.9 cm³/mol. The van der Waals surface area contributed by atoms with E-state index < -0.39 is 6.10 Å². The van der Waals surface area contributed by atoms with E-state index in [9.17, 15) is 5.11 Å². The van der Waals surface area contributed by atoms with Crippen molar-refractivity contribution >= 4 is 15.9 Å². The molecule has 1 nitrogen and oxygen atoms in total. The molecule has 1 rings (SSSR count). The van der Waals surface area contributed by atoms with Crippen molar-refractivity contribution in [2.45, 2.75) is 32.3 Å². The maximum absolute atomic E-state index is 9.58. The minimum Gasteiger partial charge on any atom is -0.388 e. The largest absolute Gasteiger partial charge is 0.388 e. The number of rotatable bonds is 2. The van der Waals surface area contributed by atoms with E-state index >= 15 is 0 Å². The predicted octanol–water partition coefficient (Wildman–Crippen LogP) is 3.41. The number of alkyl halides is 1. The highest BCUT2D eigenvalue weighted by atomic mass is 79.9. The van der Waals surface area contributed by atoms with Gasteiger partial charge in [-0.3, -0.25) is 0 Å². The Kier molecular flexibility index (Phi) is 3.73. The van der Waals surface area contributed by atoms with E-state index in [1.54, 1.807) is 0 Å². The molecule has 0 spiro atoms. The lowest BCUT2D eigenvalue weighted by Gasteiger charge is -2.19. The van der Waals surface area contributed by atoms with Crippen molar-refractivity contribution in [3.63, 3.8) is 0 Å². The van der Waals surface area contributed by atoms with Crippen LogP contribution in [0.1, 0.15) is 38.0 Å². The van der Waals surface area contributed by atoms with Crippen LogP contribution in [0.5, 0.6) is 0 Å². The molecule has 0 saturated carbocycles. The van der Waals surface area contributed by atoms with Crippen molar-refractivity contribution in [3.05, 3.63) is 35.4 Å². The second-order valence-electron chi connectivity index (χ2n) is 4.54. The number of halogens is 1. The van der Waals surface area contributed by atoms with Crippen LogP contribution in [0, 0.1) is 0 Å². The number of hydrogen-bond acceptors (Lipinski definition) is 1. The van der Waals surface area contributed by atoms with E-state index in [2.05, 4.69) is 48.8 Å². The summed E-state index contributed by atoms with van der Waals surface area (Å²) < 4.78 is 0. The summed E-state index contributed by atoms with van der Waals surface area (Å²) >= 11 is 3.26. The molecular weight excluding hydrogens is 240 g/mol. The summed E-state index contributed by atoms with van der Waals surface area (Å²) in [6.07, 6.45) is -0.399. The molecule has 0 aliphatic carbocycles. The van der Waals surface area contributed by atoms with Gasteiger partial charge in [-0.1, -0.05) is 61.0 Å². The normalized spacial score (nSPS) is 14.1. The monoisotopic (exact) mass is 256 g/mol. The smallest absolute Gasteiger partial charge is 0.0886 e. The second kappa shape index (κ2) is 4.45. The molecule has 0 aliphatic rings. The molecule has 1 atom stereocenters. The molecule has 0 fully saturated rings. The van der Waals surface area contributed by atoms with Gasteiger partial charge in [0.2, 0.25) is 0 Å². The lowest BCUT2D eigenvalue weighted by molar-refractivity contribution is 0.205. The highest BCUT2D eigenvalue weighted by Gasteiger charge is 2.13. The lowest BCUT2D eigenvalue weighted by atomic mass is 9.86. The Morgan fingerprint density at radius 1 is 1.21 bits per heavy atom. The Balaban J connectivity index is 2.89. The highest BCUT2D eigenvalue weighted by molar-refractivity contribution is 9.09. The van der Waals surface area contributed by atoms with Crippen LogP contribution in [0.2, 0.25) is 0 Å². The van der Waals surface area contributed by atoms with Gasteiger partial charge in [-0.15, -0.1) is 0 Å². The number of hydrogen-bond donors (Lipinski definition) is 1. The molecule has 2 heteroatoms. The van der Waals surface area contributed by atoms with Crippen LogP contribution in [0.3, 0.4) is 0 Å². The quantitative estimate of drug-likeness (QED) is 0.805. The first-order valence-electron chi connectivity index (χ1n) is 4.79. The number of aliphatic hydroxyl groups is 1. The number of aliphatic hydroxyl groups excluding tert-OH is 1. The van der Waals surface area contributed by atoms with Gasteiger partial charge in [0.15, 0.2) is 0 Å². The molecule has 0 aromatic heterocycles. The second-order valence-corrected chi connectivity index (χ2v) is 5.19.